The average Bonchev–Trinajstić information content (AvgIpc) is 2.21. The predicted molar refractivity (Wildman–Crippen MR) is 60.6 cm³/mol. The molecule has 79 valence electrons. The van der Waals surface area contributed by atoms with Gasteiger partial charge in [-0.3, -0.25) is 0 Å². The Morgan fingerprint density at radius 2 is 1.57 bits per heavy atom. The molecule has 0 spiro atoms. The van der Waals surface area contributed by atoms with Gasteiger partial charge in [0.25, 0.3) is 0 Å². The maximum absolute atomic E-state index is 4.26. The Hall–Kier alpha value is -0.580. The zero-order chi connectivity index (χ0) is 8.23. The third kappa shape index (κ3) is 3.29. The van der Waals surface area contributed by atoms with Gasteiger partial charge in [-0.1, -0.05) is 0 Å². The fourth-order valence-corrected chi connectivity index (χ4v) is 1.26. The van der Waals surface area contributed by atoms with Crippen molar-refractivity contribution in [2.24, 2.45) is 0 Å². The maximum Gasteiger partial charge on any atom is 0.225 e. The molecule has 1 aromatic heterocycles. The van der Waals surface area contributed by atoms with Crippen LogP contribution in [0.15, 0.2) is 18.5 Å². The van der Waals surface area contributed by atoms with Gasteiger partial charge in [0.05, 0.1) is 0 Å². The van der Waals surface area contributed by atoms with Gasteiger partial charge in [-0.2, -0.15) is 0 Å². The number of hydrogen-bond acceptors (Lipinski definition) is 3. The van der Waals surface area contributed by atoms with Gasteiger partial charge < -0.3 is 4.90 Å². The first-order chi connectivity index (χ1) is 5.97. The molecule has 0 saturated carbocycles. The molecular weight excluding hydrogens is 223 g/mol. The van der Waals surface area contributed by atoms with Crippen LogP contribution in [-0.2, 0) is 0 Å². The van der Waals surface area contributed by atoms with Crippen LogP contribution in [0.2, 0.25) is 0 Å². The Kier molecular flexibility index (Phi) is 6.53. The van der Waals surface area contributed by atoms with Crippen molar-refractivity contribution < 1.29 is 0 Å². The van der Waals surface area contributed by atoms with E-state index in [-0.39, 0.29) is 24.8 Å². The van der Waals surface area contributed by atoms with Crippen molar-refractivity contribution in [3.63, 3.8) is 0 Å². The quantitative estimate of drug-likeness (QED) is 0.722. The molecule has 2 heterocycles. The number of anilines is 1. The van der Waals surface area contributed by atoms with Crippen LogP contribution in [0.25, 0.3) is 0 Å². The molecule has 0 aromatic carbocycles. The third-order valence-corrected chi connectivity index (χ3v) is 1.89. The Balaban J connectivity index is 0.000000845. The molecule has 1 aliphatic heterocycles. The molecule has 0 unspecified atom stereocenters. The van der Waals surface area contributed by atoms with E-state index in [9.17, 15) is 0 Å². The Morgan fingerprint density at radius 1 is 1.00 bits per heavy atom. The van der Waals surface area contributed by atoms with Crippen molar-refractivity contribution >= 4 is 30.8 Å². The van der Waals surface area contributed by atoms with E-state index in [0.29, 0.717) is 0 Å². The van der Waals surface area contributed by atoms with E-state index in [4.69, 9.17) is 0 Å². The normalized spacial score (nSPS) is 15.3. The van der Waals surface area contributed by atoms with E-state index in [1.165, 1.54) is 0 Å². The molecule has 6 heteroatoms. The molecule has 14 heavy (non-hydrogen) atoms. The molecule has 0 N–H and O–H groups in total. The first kappa shape index (κ1) is 13.4. The summed E-state index contributed by atoms with van der Waals surface area (Å²) in [5, 5.41) is 4.26. The van der Waals surface area contributed by atoms with Gasteiger partial charge in [-0.05, 0) is 6.07 Å². The second-order valence-corrected chi connectivity index (χ2v) is 2.71. The second kappa shape index (κ2) is 6.81. The summed E-state index contributed by atoms with van der Waals surface area (Å²) in [6, 6.07) is 1.83. The summed E-state index contributed by atoms with van der Waals surface area (Å²) in [7, 11) is 0. The van der Waals surface area contributed by atoms with E-state index in [1.54, 1.807) is 12.4 Å². The zero-order valence-electron chi connectivity index (χ0n) is 7.67. The van der Waals surface area contributed by atoms with E-state index in [1.807, 2.05) is 6.07 Å². The fraction of sp³-hybridized carbons (Fsp3) is 0.500. The molecule has 1 aromatic rings. The molecule has 1 radical (unpaired) electrons. The SMILES string of the molecule is Cl.Cl.c1cnc(N2CC[N]CC2)nc1. The Bertz CT molecular complexity index is 238. The summed E-state index contributed by atoms with van der Waals surface area (Å²) < 4.78 is 0. The van der Waals surface area contributed by atoms with Gasteiger partial charge >= 0.3 is 0 Å². The van der Waals surface area contributed by atoms with Crippen LogP contribution in [0.3, 0.4) is 0 Å². The average molecular weight is 236 g/mol. The van der Waals surface area contributed by atoms with Crippen LogP contribution in [0.5, 0.6) is 0 Å². The van der Waals surface area contributed by atoms with Crippen LogP contribution >= 0.6 is 24.8 Å². The molecule has 0 atom stereocenters. The van der Waals surface area contributed by atoms with Crippen molar-refractivity contribution in [2.45, 2.75) is 0 Å². The van der Waals surface area contributed by atoms with E-state index in [2.05, 4.69) is 20.2 Å². The van der Waals surface area contributed by atoms with Crippen LogP contribution in [-0.4, -0.2) is 36.1 Å². The molecular formula is C8H13Cl2N4. The monoisotopic (exact) mass is 235 g/mol. The first-order valence-electron chi connectivity index (χ1n) is 4.12. The van der Waals surface area contributed by atoms with E-state index < -0.39 is 0 Å². The lowest BCUT2D eigenvalue weighted by Crippen LogP contribution is -2.41. The van der Waals surface area contributed by atoms with Gasteiger partial charge in [0.1, 0.15) is 0 Å². The van der Waals surface area contributed by atoms with E-state index in [0.717, 1.165) is 32.1 Å². The summed E-state index contributed by atoms with van der Waals surface area (Å²) in [6.07, 6.45) is 3.54. The zero-order valence-corrected chi connectivity index (χ0v) is 9.30. The first-order valence-corrected chi connectivity index (χ1v) is 4.12. The van der Waals surface area contributed by atoms with Crippen LogP contribution in [0, 0.1) is 0 Å². The van der Waals surface area contributed by atoms with Crippen molar-refractivity contribution in [3.05, 3.63) is 18.5 Å². The van der Waals surface area contributed by atoms with Crippen molar-refractivity contribution in [2.75, 3.05) is 31.1 Å². The largest absolute Gasteiger partial charge is 0.338 e. The molecule has 1 fully saturated rings. The van der Waals surface area contributed by atoms with Gasteiger partial charge in [0.2, 0.25) is 5.95 Å². The minimum Gasteiger partial charge on any atom is -0.338 e. The Labute approximate surface area is 95.9 Å². The number of hydrogen-bond donors (Lipinski definition) is 0. The topological polar surface area (TPSA) is 43.1 Å². The standard InChI is InChI=1S/C8H11N4.2ClH/c1-2-10-8(11-3-1)12-6-4-9-5-7-12;;/h1-3H,4-7H2;2*1H. The summed E-state index contributed by atoms with van der Waals surface area (Å²) >= 11 is 0. The second-order valence-electron chi connectivity index (χ2n) is 2.71. The summed E-state index contributed by atoms with van der Waals surface area (Å²) in [6.45, 7) is 3.70. The number of nitrogens with zero attached hydrogens (tertiary/aromatic N) is 4. The fourth-order valence-electron chi connectivity index (χ4n) is 1.26. The maximum atomic E-state index is 4.26. The molecule has 1 saturated heterocycles. The number of piperazine rings is 1. The predicted octanol–water partition coefficient (Wildman–Crippen LogP) is 0.745. The van der Waals surface area contributed by atoms with Gasteiger partial charge in [0.15, 0.2) is 0 Å². The van der Waals surface area contributed by atoms with Gasteiger partial charge in [0, 0.05) is 38.6 Å². The molecule has 0 bridgehead atoms. The highest BCUT2D eigenvalue weighted by Crippen LogP contribution is 2.05. The number of aromatic nitrogens is 2. The lowest BCUT2D eigenvalue weighted by Gasteiger charge is -2.25. The highest BCUT2D eigenvalue weighted by molar-refractivity contribution is 5.85. The van der Waals surface area contributed by atoms with Crippen molar-refractivity contribution in [3.8, 4) is 0 Å². The minimum absolute atomic E-state index is 0. The lowest BCUT2D eigenvalue weighted by atomic mass is 10.4. The smallest absolute Gasteiger partial charge is 0.225 e. The van der Waals surface area contributed by atoms with Crippen LogP contribution in [0.1, 0.15) is 0 Å². The molecule has 4 nitrogen and oxygen atoms in total. The molecule has 0 amide bonds. The minimum atomic E-state index is 0. The molecule has 0 aliphatic carbocycles. The van der Waals surface area contributed by atoms with Gasteiger partial charge in [-0.25, -0.2) is 15.3 Å². The highest BCUT2D eigenvalue weighted by atomic mass is 35.5. The summed E-state index contributed by atoms with van der Waals surface area (Å²) in [5.41, 5.74) is 0. The number of rotatable bonds is 1. The highest BCUT2D eigenvalue weighted by Gasteiger charge is 2.11. The van der Waals surface area contributed by atoms with Crippen LogP contribution < -0.4 is 10.2 Å². The van der Waals surface area contributed by atoms with E-state index >= 15 is 0 Å². The third-order valence-electron chi connectivity index (χ3n) is 1.89. The lowest BCUT2D eigenvalue weighted by molar-refractivity contribution is 0.570. The molecule has 2 rings (SSSR count). The number of halogens is 2. The Morgan fingerprint density at radius 3 is 2.14 bits per heavy atom. The summed E-state index contributed by atoms with van der Waals surface area (Å²) in [5.74, 6) is 0.826. The van der Waals surface area contributed by atoms with Crippen molar-refractivity contribution in [1.82, 2.24) is 15.3 Å². The van der Waals surface area contributed by atoms with Crippen molar-refractivity contribution in [1.29, 1.82) is 0 Å². The molecule has 1 aliphatic rings. The van der Waals surface area contributed by atoms with Gasteiger partial charge in [-0.15, -0.1) is 24.8 Å². The van der Waals surface area contributed by atoms with Crippen LogP contribution in [0.4, 0.5) is 5.95 Å². The summed E-state index contributed by atoms with van der Waals surface area (Å²) in [4.78, 5) is 10.5.